The van der Waals surface area contributed by atoms with Crippen LogP contribution in [0.1, 0.15) is 13.3 Å². The third-order valence-corrected chi connectivity index (χ3v) is 6.42. The molecular weight excluding hydrogens is 368 g/mol. The molecule has 1 spiro atoms. The number of hydrazone groups is 1. The Balaban J connectivity index is 1.65. The van der Waals surface area contributed by atoms with E-state index in [0.29, 0.717) is 11.6 Å². The molecule has 2 aliphatic rings. The molecule has 0 aliphatic carbocycles. The number of fused-ring (bicyclic) bond motifs is 1. The molecule has 0 bridgehead atoms. The number of anilines is 2. The van der Waals surface area contributed by atoms with Crippen molar-refractivity contribution in [2.45, 2.75) is 24.4 Å². The van der Waals surface area contributed by atoms with Crippen molar-refractivity contribution in [3.63, 3.8) is 0 Å². The standard InChI is InChI=1S/C19H15ClN4OS/c1-12-11-19(24(22-12)13-7-3-2-4-8-13)16(20)17(25)23(19)18-21-14-9-5-6-10-15(14)26-18/h2-10,16H,11H2,1H3. The highest BCUT2D eigenvalue weighted by Crippen LogP contribution is 2.51. The van der Waals surface area contributed by atoms with E-state index in [0.717, 1.165) is 21.6 Å². The molecule has 1 aromatic heterocycles. The second-order valence-corrected chi connectivity index (χ2v) is 7.98. The summed E-state index contributed by atoms with van der Waals surface area (Å²) in [5.74, 6) is -0.128. The summed E-state index contributed by atoms with van der Waals surface area (Å²) in [6.45, 7) is 1.97. The van der Waals surface area contributed by atoms with Gasteiger partial charge in [0.05, 0.1) is 15.9 Å². The van der Waals surface area contributed by atoms with E-state index in [9.17, 15) is 4.79 Å². The number of β-lactam (4-membered cyclic amide) rings is 1. The smallest absolute Gasteiger partial charge is 0.253 e. The first-order valence-electron chi connectivity index (χ1n) is 8.34. The molecule has 2 atom stereocenters. The molecule has 0 radical (unpaired) electrons. The van der Waals surface area contributed by atoms with Crippen molar-refractivity contribution in [2.24, 2.45) is 5.10 Å². The lowest BCUT2D eigenvalue weighted by Gasteiger charge is -2.55. The zero-order valence-electron chi connectivity index (χ0n) is 14.0. The van der Waals surface area contributed by atoms with Gasteiger partial charge >= 0.3 is 0 Å². The Bertz CT molecular complexity index is 1020. The van der Waals surface area contributed by atoms with E-state index in [-0.39, 0.29) is 5.91 Å². The molecule has 2 aromatic carbocycles. The fourth-order valence-electron chi connectivity index (χ4n) is 3.73. The van der Waals surface area contributed by atoms with Crippen molar-refractivity contribution in [3.05, 3.63) is 54.6 Å². The number of hydrogen-bond acceptors (Lipinski definition) is 5. The quantitative estimate of drug-likeness (QED) is 0.492. The minimum atomic E-state index is -0.738. The van der Waals surface area contributed by atoms with Crippen molar-refractivity contribution in [1.82, 2.24) is 4.98 Å². The number of aromatic nitrogens is 1. The molecule has 0 saturated carbocycles. The van der Waals surface area contributed by atoms with E-state index < -0.39 is 11.0 Å². The van der Waals surface area contributed by atoms with Crippen LogP contribution in [0.3, 0.4) is 0 Å². The lowest BCUT2D eigenvalue weighted by Crippen LogP contribution is -2.78. The van der Waals surface area contributed by atoms with E-state index in [1.807, 2.05) is 66.5 Å². The van der Waals surface area contributed by atoms with Gasteiger partial charge in [-0.3, -0.25) is 9.69 Å². The van der Waals surface area contributed by atoms with Crippen molar-refractivity contribution in [1.29, 1.82) is 0 Å². The van der Waals surface area contributed by atoms with Crippen LogP contribution in [0.25, 0.3) is 10.2 Å². The number of nitrogens with zero attached hydrogens (tertiary/aromatic N) is 4. The minimum absolute atomic E-state index is 0.128. The van der Waals surface area contributed by atoms with Gasteiger partial charge in [0.1, 0.15) is 0 Å². The number of rotatable bonds is 2. The lowest BCUT2D eigenvalue weighted by atomic mass is 9.88. The van der Waals surface area contributed by atoms with Crippen molar-refractivity contribution in [2.75, 3.05) is 9.91 Å². The number of halogens is 1. The molecule has 2 unspecified atom stereocenters. The van der Waals surface area contributed by atoms with Crippen LogP contribution in [-0.2, 0) is 4.79 Å². The zero-order valence-corrected chi connectivity index (χ0v) is 15.5. The number of amides is 1. The fourth-order valence-corrected chi connectivity index (χ4v) is 5.14. The Labute approximate surface area is 159 Å². The van der Waals surface area contributed by atoms with Gasteiger partial charge in [-0.25, -0.2) is 9.99 Å². The van der Waals surface area contributed by atoms with Gasteiger partial charge in [-0.15, -0.1) is 11.6 Å². The number of carbonyl (C=O) groups is 1. The fraction of sp³-hybridized carbons (Fsp3) is 0.211. The maximum Gasteiger partial charge on any atom is 0.253 e. The summed E-state index contributed by atoms with van der Waals surface area (Å²) >= 11 is 8.09. The monoisotopic (exact) mass is 382 g/mol. The van der Waals surface area contributed by atoms with E-state index in [1.54, 1.807) is 4.90 Å². The molecule has 0 N–H and O–H groups in total. The van der Waals surface area contributed by atoms with E-state index in [2.05, 4.69) is 4.98 Å². The van der Waals surface area contributed by atoms with Gasteiger partial charge in [0.2, 0.25) is 0 Å². The van der Waals surface area contributed by atoms with E-state index in [1.165, 1.54) is 11.3 Å². The summed E-state index contributed by atoms with van der Waals surface area (Å²) in [5.41, 5.74) is 2.00. The minimum Gasteiger partial charge on any atom is -0.272 e. The van der Waals surface area contributed by atoms with Crippen LogP contribution in [-0.4, -0.2) is 27.6 Å². The maximum atomic E-state index is 12.8. The number of alkyl halides is 1. The van der Waals surface area contributed by atoms with E-state index in [4.69, 9.17) is 16.7 Å². The largest absolute Gasteiger partial charge is 0.272 e. The van der Waals surface area contributed by atoms with Crippen LogP contribution < -0.4 is 9.91 Å². The first kappa shape index (κ1) is 15.8. The van der Waals surface area contributed by atoms with Crippen LogP contribution in [0.15, 0.2) is 59.7 Å². The van der Waals surface area contributed by atoms with Gasteiger partial charge in [0, 0.05) is 12.1 Å². The molecule has 130 valence electrons. The summed E-state index contributed by atoms with van der Waals surface area (Å²) in [6, 6.07) is 17.7. The highest BCUT2D eigenvalue weighted by Gasteiger charge is 2.67. The molecule has 3 heterocycles. The Hall–Kier alpha value is -2.44. The zero-order chi connectivity index (χ0) is 17.9. The summed E-state index contributed by atoms with van der Waals surface area (Å²) in [7, 11) is 0. The number of hydrogen-bond donors (Lipinski definition) is 0. The average molecular weight is 383 g/mol. The van der Waals surface area contributed by atoms with E-state index >= 15 is 0 Å². The van der Waals surface area contributed by atoms with Crippen molar-refractivity contribution < 1.29 is 4.79 Å². The van der Waals surface area contributed by atoms with Crippen LogP contribution in [0.4, 0.5) is 10.8 Å². The van der Waals surface area contributed by atoms with Crippen LogP contribution in [0.5, 0.6) is 0 Å². The second-order valence-electron chi connectivity index (χ2n) is 6.54. The summed E-state index contributed by atoms with van der Waals surface area (Å²) in [6.07, 6.45) is 0.595. The van der Waals surface area contributed by atoms with Crippen LogP contribution in [0, 0.1) is 0 Å². The molecule has 2 aliphatic heterocycles. The molecule has 1 saturated heterocycles. The highest BCUT2D eigenvalue weighted by atomic mass is 35.5. The molecule has 1 fully saturated rings. The van der Waals surface area contributed by atoms with Crippen molar-refractivity contribution >= 4 is 55.6 Å². The van der Waals surface area contributed by atoms with Crippen molar-refractivity contribution in [3.8, 4) is 0 Å². The normalized spacial score (nSPS) is 25.1. The molecule has 1 amide bonds. The van der Waals surface area contributed by atoms with Gasteiger partial charge in [-0.1, -0.05) is 41.7 Å². The Morgan fingerprint density at radius 3 is 2.65 bits per heavy atom. The van der Waals surface area contributed by atoms with Crippen LogP contribution in [0.2, 0.25) is 0 Å². The molecule has 3 aromatic rings. The molecule has 7 heteroatoms. The molecule has 5 nitrogen and oxygen atoms in total. The SMILES string of the molecule is CC1=NN(c2ccccc2)C2(C1)C(Cl)C(=O)N2c1nc2ccccc2s1. The third-order valence-electron chi connectivity index (χ3n) is 4.86. The molecule has 26 heavy (non-hydrogen) atoms. The second kappa shape index (κ2) is 5.53. The predicted octanol–water partition coefficient (Wildman–Crippen LogP) is 4.23. The number of benzene rings is 2. The van der Waals surface area contributed by atoms with Gasteiger partial charge in [0.25, 0.3) is 5.91 Å². The third kappa shape index (κ3) is 2.00. The maximum absolute atomic E-state index is 12.8. The summed E-state index contributed by atoms with van der Waals surface area (Å²) < 4.78 is 1.05. The van der Waals surface area contributed by atoms with Gasteiger partial charge in [-0.05, 0) is 31.2 Å². The molecule has 5 rings (SSSR count). The van der Waals surface area contributed by atoms with Gasteiger partial charge in [-0.2, -0.15) is 5.10 Å². The topological polar surface area (TPSA) is 48.8 Å². The first-order valence-corrected chi connectivity index (χ1v) is 9.59. The summed E-state index contributed by atoms with van der Waals surface area (Å²) in [4.78, 5) is 19.2. The Kier molecular flexibility index (Phi) is 3.36. The summed E-state index contributed by atoms with van der Waals surface area (Å²) in [5, 5.41) is 6.57. The average Bonchev–Trinajstić information content (AvgIpc) is 3.24. The van der Waals surface area contributed by atoms with Crippen LogP contribution >= 0.6 is 22.9 Å². The lowest BCUT2D eigenvalue weighted by molar-refractivity contribution is -0.126. The highest BCUT2D eigenvalue weighted by molar-refractivity contribution is 7.22. The van der Waals surface area contributed by atoms with Gasteiger partial charge in [0.15, 0.2) is 16.2 Å². The number of thiazole rings is 1. The first-order chi connectivity index (χ1) is 12.6. The molecular formula is C19H15ClN4OS. The Morgan fingerprint density at radius 2 is 1.88 bits per heavy atom. The number of carbonyl (C=O) groups excluding carboxylic acids is 1. The number of para-hydroxylation sites is 2. The van der Waals surface area contributed by atoms with Gasteiger partial charge < -0.3 is 0 Å². The predicted molar refractivity (Wildman–Crippen MR) is 106 cm³/mol. The Morgan fingerprint density at radius 1 is 1.15 bits per heavy atom.